The van der Waals surface area contributed by atoms with Crippen molar-refractivity contribution in [3.8, 4) is 17.1 Å². The molecule has 3 aromatic rings. The quantitative estimate of drug-likeness (QED) is 0.625. The van der Waals surface area contributed by atoms with Crippen molar-refractivity contribution < 1.29 is 13.9 Å². The molecular formula is C24H29N3O3. The van der Waals surface area contributed by atoms with E-state index >= 15 is 0 Å². The van der Waals surface area contributed by atoms with E-state index in [2.05, 4.69) is 28.0 Å². The normalized spacial score (nSPS) is 16.7. The molecule has 3 heterocycles. The Balaban J connectivity index is 1.62. The monoisotopic (exact) mass is 407 g/mol. The summed E-state index contributed by atoms with van der Waals surface area (Å²) in [6, 6.07) is 12.1. The number of hydrogen-bond acceptors (Lipinski definition) is 4. The van der Waals surface area contributed by atoms with Gasteiger partial charge in [-0.1, -0.05) is 12.1 Å². The number of nitrogens with zero attached hydrogens (tertiary/aromatic N) is 2. The Morgan fingerprint density at radius 1 is 1.27 bits per heavy atom. The van der Waals surface area contributed by atoms with E-state index in [1.165, 1.54) is 0 Å². The fourth-order valence-electron chi connectivity index (χ4n) is 4.25. The summed E-state index contributed by atoms with van der Waals surface area (Å²) in [6.45, 7) is 3.75. The van der Waals surface area contributed by atoms with Crippen LogP contribution in [0, 0.1) is 6.92 Å². The Bertz CT molecular complexity index is 990. The number of aromatic nitrogens is 1. The molecule has 1 aromatic carbocycles. The standard InChI is InChI=1S/C24H29N3O3/c1-17-15-27(16-18-8-10-20(29-3)11-9-18)24(23(17)21-7-5-13-30-21)25-22(28)14-19-6-4-12-26(19)2/h5,7-11,13,15,19H,4,6,12,14,16H2,1-3H3,(H,25,28). The highest BCUT2D eigenvalue weighted by Crippen LogP contribution is 2.34. The number of hydrogen-bond donors (Lipinski definition) is 1. The fraction of sp³-hybridized carbons (Fsp3) is 0.375. The van der Waals surface area contributed by atoms with Gasteiger partial charge in [0.2, 0.25) is 5.91 Å². The van der Waals surface area contributed by atoms with Crippen molar-refractivity contribution in [3.63, 3.8) is 0 Å². The molecule has 1 saturated heterocycles. The molecule has 0 radical (unpaired) electrons. The number of carbonyl (C=O) groups is 1. The second-order valence-corrected chi connectivity index (χ2v) is 8.02. The van der Waals surface area contributed by atoms with Gasteiger partial charge in [-0.2, -0.15) is 0 Å². The van der Waals surface area contributed by atoms with E-state index < -0.39 is 0 Å². The topological polar surface area (TPSA) is 59.6 Å². The highest BCUT2D eigenvalue weighted by Gasteiger charge is 2.25. The number of benzene rings is 1. The number of carbonyl (C=O) groups excluding carboxylic acids is 1. The first-order valence-electron chi connectivity index (χ1n) is 10.4. The Morgan fingerprint density at radius 3 is 2.70 bits per heavy atom. The molecule has 1 N–H and O–H groups in total. The summed E-state index contributed by atoms with van der Waals surface area (Å²) in [5.41, 5.74) is 3.12. The van der Waals surface area contributed by atoms with Gasteiger partial charge >= 0.3 is 0 Å². The number of methoxy groups -OCH3 is 1. The van der Waals surface area contributed by atoms with Gasteiger partial charge in [-0.05, 0) is 68.8 Å². The smallest absolute Gasteiger partial charge is 0.227 e. The van der Waals surface area contributed by atoms with Gasteiger partial charge in [-0.25, -0.2) is 0 Å². The van der Waals surface area contributed by atoms with Gasteiger partial charge in [0.05, 0.1) is 18.9 Å². The number of aryl methyl sites for hydroxylation is 1. The average molecular weight is 408 g/mol. The minimum Gasteiger partial charge on any atom is -0.497 e. The summed E-state index contributed by atoms with van der Waals surface area (Å²) >= 11 is 0. The van der Waals surface area contributed by atoms with Crippen LogP contribution >= 0.6 is 0 Å². The third kappa shape index (κ3) is 4.28. The van der Waals surface area contributed by atoms with Crippen LogP contribution in [0.15, 0.2) is 53.3 Å². The molecule has 0 bridgehead atoms. The van der Waals surface area contributed by atoms with Crippen molar-refractivity contribution in [1.82, 2.24) is 9.47 Å². The van der Waals surface area contributed by atoms with Gasteiger partial charge in [0.1, 0.15) is 17.3 Å². The van der Waals surface area contributed by atoms with Crippen LogP contribution in [0.1, 0.15) is 30.4 Å². The number of nitrogens with one attached hydrogen (secondary N) is 1. The number of ether oxygens (including phenoxy) is 1. The van der Waals surface area contributed by atoms with Gasteiger partial charge in [0, 0.05) is 25.2 Å². The maximum atomic E-state index is 12.9. The molecule has 1 aliphatic rings. The van der Waals surface area contributed by atoms with E-state index in [1.54, 1.807) is 13.4 Å². The molecule has 1 amide bonds. The highest BCUT2D eigenvalue weighted by atomic mass is 16.5. The number of furan rings is 1. The number of anilines is 1. The molecular weight excluding hydrogens is 378 g/mol. The summed E-state index contributed by atoms with van der Waals surface area (Å²) < 4.78 is 13.0. The van der Waals surface area contributed by atoms with Gasteiger partial charge in [0.25, 0.3) is 0 Å². The van der Waals surface area contributed by atoms with E-state index in [1.807, 2.05) is 43.3 Å². The molecule has 0 aliphatic carbocycles. The number of likely N-dealkylation sites (tertiary alicyclic amines) is 1. The lowest BCUT2D eigenvalue weighted by Gasteiger charge is -2.19. The second-order valence-electron chi connectivity index (χ2n) is 8.02. The molecule has 30 heavy (non-hydrogen) atoms. The third-order valence-electron chi connectivity index (χ3n) is 5.90. The van der Waals surface area contributed by atoms with E-state index in [9.17, 15) is 4.79 Å². The van der Waals surface area contributed by atoms with Crippen LogP contribution in [0.3, 0.4) is 0 Å². The maximum Gasteiger partial charge on any atom is 0.227 e. The second kappa shape index (κ2) is 8.79. The zero-order valence-electron chi connectivity index (χ0n) is 17.9. The van der Waals surface area contributed by atoms with Crippen LogP contribution < -0.4 is 10.1 Å². The molecule has 0 saturated carbocycles. The summed E-state index contributed by atoms with van der Waals surface area (Å²) in [5, 5.41) is 3.19. The first-order chi connectivity index (χ1) is 14.5. The molecule has 158 valence electrons. The van der Waals surface area contributed by atoms with Crippen LogP contribution in [0.25, 0.3) is 11.3 Å². The molecule has 1 atom stereocenters. The molecule has 6 nitrogen and oxygen atoms in total. The SMILES string of the molecule is COc1ccc(Cn2cc(C)c(-c3ccco3)c2NC(=O)CC2CCCN2C)cc1. The third-order valence-corrected chi connectivity index (χ3v) is 5.90. The first kappa shape index (κ1) is 20.3. The lowest BCUT2D eigenvalue weighted by Crippen LogP contribution is -2.30. The van der Waals surface area contributed by atoms with Crippen LogP contribution in [0.5, 0.6) is 5.75 Å². The zero-order chi connectivity index (χ0) is 21.1. The predicted octanol–water partition coefficient (Wildman–Crippen LogP) is 4.54. The summed E-state index contributed by atoms with van der Waals surface area (Å²) in [5.74, 6) is 2.40. The molecule has 6 heteroatoms. The minimum absolute atomic E-state index is 0.0376. The predicted molar refractivity (Wildman–Crippen MR) is 118 cm³/mol. The Morgan fingerprint density at radius 2 is 2.07 bits per heavy atom. The van der Waals surface area contributed by atoms with Gasteiger partial charge < -0.3 is 23.9 Å². The minimum atomic E-state index is 0.0376. The largest absolute Gasteiger partial charge is 0.497 e. The lowest BCUT2D eigenvalue weighted by molar-refractivity contribution is -0.117. The summed E-state index contributed by atoms with van der Waals surface area (Å²) in [7, 11) is 3.76. The van der Waals surface area contributed by atoms with Crippen molar-refractivity contribution in [2.24, 2.45) is 0 Å². The van der Waals surface area contributed by atoms with Crippen LogP contribution in [-0.2, 0) is 11.3 Å². The number of rotatable bonds is 7. The van der Waals surface area contributed by atoms with Crippen molar-refractivity contribution in [2.75, 3.05) is 26.0 Å². The Kier molecular flexibility index (Phi) is 5.95. The van der Waals surface area contributed by atoms with E-state index in [4.69, 9.17) is 9.15 Å². The van der Waals surface area contributed by atoms with Crippen molar-refractivity contribution >= 4 is 11.7 Å². The fourth-order valence-corrected chi connectivity index (χ4v) is 4.25. The lowest BCUT2D eigenvalue weighted by atomic mass is 10.1. The van der Waals surface area contributed by atoms with Gasteiger partial charge in [-0.3, -0.25) is 4.79 Å². The van der Waals surface area contributed by atoms with Crippen LogP contribution in [0.4, 0.5) is 5.82 Å². The van der Waals surface area contributed by atoms with Crippen LogP contribution in [-0.4, -0.2) is 42.1 Å². The summed E-state index contributed by atoms with van der Waals surface area (Å²) in [6.07, 6.45) is 6.45. The molecule has 2 aromatic heterocycles. The zero-order valence-corrected chi connectivity index (χ0v) is 17.9. The molecule has 4 rings (SSSR count). The van der Waals surface area contributed by atoms with Crippen molar-refractivity contribution in [2.45, 2.75) is 38.8 Å². The first-order valence-corrected chi connectivity index (χ1v) is 10.4. The average Bonchev–Trinajstić information content (AvgIpc) is 3.45. The maximum absolute atomic E-state index is 12.9. The molecule has 1 aliphatic heterocycles. The van der Waals surface area contributed by atoms with Crippen molar-refractivity contribution in [3.05, 3.63) is 60.0 Å². The van der Waals surface area contributed by atoms with E-state index in [0.29, 0.717) is 19.0 Å². The molecule has 1 fully saturated rings. The van der Waals surface area contributed by atoms with E-state index in [-0.39, 0.29) is 5.91 Å². The Labute approximate surface area is 177 Å². The molecule has 1 unspecified atom stereocenters. The summed E-state index contributed by atoms with van der Waals surface area (Å²) in [4.78, 5) is 15.2. The highest BCUT2D eigenvalue weighted by molar-refractivity contribution is 5.95. The van der Waals surface area contributed by atoms with E-state index in [0.717, 1.165) is 53.4 Å². The van der Waals surface area contributed by atoms with Gasteiger partial charge in [-0.15, -0.1) is 0 Å². The van der Waals surface area contributed by atoms with Crippen molar-refractivity contribution in [1.29, 1.82) is 0 Å². The van der Waals surface area contributed by atoms with Crippen LogP contribution in [0.2, 0.25) is 0 Å². The molecule has 0 spiro atoms. The number of amides is 1. The Hall–Kier alpha value is -2.99. The van der Waals surface area contributed by atoms with Gasteiger partial charge in [0.15, 0.2) is 0 Å².